The number of H-pyrrole nitrogens is 1. The molecule has 0 aliphatic carbocycles. The number of aromatic nitrogens is 3. The Bertz CT molecular complexity index is 838. The van der Waals surface area contributed by atoms with Gasteiger partial charge in [-0.05, 0) is 30.4 Å². The molecule has 0 fully saturated rings. The van der Waals surface area contributed by atoms with Crippen LogP contribution in [0, 0.1) is 4.77 Å². The van der Waals surface area contributed by atoms with E-state index in [1.807, 2.05) is 53.1 Å². The molecule has 4 nitrogen and oxygen atoms in total. The Balaban J connectivity index is 1.87. The van der Waals surface area contributed by atoms with Crippen molar-refractivity contribution in [1.82, 2.24) is 14.8 Å². The normalized spacial score (nSPS) is 16.5. The highest BCUT2D eigenvalue weighted by atomic mass is 32.1. The molecule has 5 heteroatoms. The van der Waals surface area contributed by atoms with Crippen LogP contribution in [-0.2, 0) is 0 Å². The maximum absolute atomic E-state index is 5.76. The molecule has 104 valence electrons. The number of nitrogens with zero attached hydrogens (tertiary/aromatic N) is 2. The summed E-state index contributed by atoms with van der Waals surface area (Å²) in [7, 11) is 0. The van der Waals surface area contributed by atoms with Gasteiger partial charge >= 0.3 is 0 Å². The highest BCUT2D eigenvalue weighted by molar-refractivity contribution is 7.71. The van der Waals surface area contributed by atoms with Gasteiger partial charge in [0.15, 0.2) is 4.77 Å². The van der Waals surface area contributed by atoms with Crippen LogP contribution in [0.2, 0.25) is 0 Å². The predicted molar refractivity (Wildman–Crippen MR) is 82.5 cm³/mol. The molecule has 3 aromatic rings. The molecule has 1 unspecified atom stereocenters. The molecule has 21 heavy (non-hydrogen) atoms. The maximum Gasteiger partial charge on any atom is 0.199 e. The molecular formula is C16H13N3OS. The number of aromatic amines is 1. The van der Waals surface area contributed by atoms with Crippen LogP contribution in [0.5, 0.6) is 5.75 Å². The summed E-state index contributed by atoms with van der Waals surface area (Å²) in [5.41, 5.74) is 2.17. The van der Waals surface area contributed by atoms with E-state index in [9.17, 15) is 0 Å². The number of ether oxygens (including phenoxy) is 1. The molecule has 2 heterocycles. The van der Waals surface area contributed by atoms with Gasteiger partial charge in [-0.25, -0.2) is 0 Å². The zero-order valence-corrected chi connectivity index (χ0v) is 12.0. The van der Waals surface area contributed by atoms with Crippen molar-refractivity contribution >= 4 is 12.2 Å². The van der Waals surface area contributed by atoms with Gasteiger partial charge in [-0.1, -0.05) is 36.4 Å². The van der Waals surface area contributed by atoms with Crippen LogP contribution >= 0.6 is 12.2 Å². The Labute approximate surface area is 127 Å². The minimum absolute atomic E-state index is 0.0920. The van der Waals surface area contributed by atoms with E-state index in [-0.39, 0.29) is 5.92 Å². The van der Waals surface area contributed by atoms with Gasteiger partial charge in [-0.15, -0.1) is 0 Å². The predicted octanol–water partition coefficient (Wildman–Crippen LogP) is 3.45. The SMILES string of the molecule is S=c1[nH]nc(C2COc3ccccc32)n1-c1ccccc1. The smallest absolute Gasteiger partial charge is 0.199 e. The van der Waals surface area contributed by atoms with Crippen LogP contribution in [0.3, 0.4) is 0 Å². The van der Waals surface area contributed by atoms with Crippen LogP contribution in [0.1, 0.15) is 17.3 Å². The third kappa shape index (κ3) is 1.97. The first kappa shape index (κ1) is 12.3. The molecule has 1 aliphatic rings. The molecule has 1 aromatic heterocycles. The number of hydrogen-bond acceptors (Lipinski definition) is 3. The van der Waals surface area contributed by atoms with Crippen LogP contribution in [0.15, 0.2) is 54.6 Å². The van der Waals surface area contributed by atoms with Gasteiger partial charge in [0.1, 0.15) is 18.2 Å². The first-order valence-electron chi connectivity index (χ1n) is 6.79. The summed E-state index contributed by atoms with van der Waals surface area (Å²) in [4.78, 5) is 0. The largest absolute Gasteiger partial charge is 0.492 e. The van der Waals surface area contributed by atoms with Crippen molar-refractivity contribution < 1.29 is 4.74 Å². The minimum atomic E-state index is 0.0920. The lowest BCUT2D eigenvalue weighted by molar-refractivity contribution is 0.339. The second-order valence-electron chi connectivity index (χ2n) is 4.96. The Kier molecular flexibility index (Phi) is 2.86. The average Bonchev–Trinajstić information content (AvgIpc) is 3.11. The Morgan fingerprint density at radius 3 is 2.71 bits per heavy atom. The van der Waals surface area contributed by atoms with Crippen molar-refractivity contribution in [2.45, 2.75) is 5.92 Å². The highest BCUT2D eigenvalue weighted by Crippen LogP contribution is 2.37. The zero-order chi connectivity index (χ0) is 14.2. The van der Waals surface area contributed by atoms with Crippen LogP contribution in [-0.4, -0.2) is 21.4 Å². The van der Waals surface area contributed by atoms with E-state index >= 15 is 0 Å². The van der Waals surface area contributed by atoms with Crippen LogP contribution in [0.25, 0.3) is 5.69 Å². The van der Waals surface area contributed by atoms with Crippen molar-refractivity contribution in [2.75, 3.05) is 6.61 Å². The Morgan fingerprint density at radius 1 is 1.10 bits per heavy atom. The molecule has 0 saturated heterocycles. The van der Waals surface area contributed by atoms with E-state index < -0.39 is 0 Å². The minimum Gasteiger partial charge on any atom is -0.492 e. The van der Waals surface area contributed by atoms with Gasteiger partial charge < -0.3 is 4.74 Å². The fraction of sp³-hybridized carbons (Fsp3) is 0.125. The number of fused-ring (bicyclic) bond motifs is 1. The standard InChI is InChI=1S/C16H13N3OS/c21-16-18-17-15(19(16)11-6-2-1-3-7-11)13-10-20-14-9-5-4-8-12(13)14/h1-9,13H,10H2,(H,18,21). The first-order valence-corrected chi connectivity index (χ1v) is 7.20. The summed E-state index contributed by atoms with van der Waals surface area (Å²) in [5.74, 6) is 1.90. The van der Waals surface area contributed by atoms with Crippen molar-refractivity contribution in [2.24, 2.45) is 0 Å². The second-order valence-corrected chi connectivity index (χ2v) is 5.35. The second kappa shape index (κ2) is 4.86. The summed E-state index contributed by atoms with van der Waals surface area (Å²) in [5, 5.41) is 7.34. The molecule has 0 saturated carbocycles. The first-order chi connectivity index (χ1) is 10.3. The van der Waals surface area contributed by atoms with Crippen molar-refractivity contribution in [3.8, 4) is 11.4 Å². The lowest BCUT2D eigenvalue weighted by Crippen LogP contribution is -2.10. The third-order valence-corrected chi connectivity index (χ3v) is 4.00. The Morgan fingerprint density at radius 2 is 1.86 bits per heavy atom. The Hall–Kier alpha value is -2.40. The molecule has 0 radical (unpaired) electrons. The fourth-order valence-electron chi connectivity index (χ4n) is 2.75. The van der Waals surface area contributed by atoms with Gasteiger partial charge in [-0.2, -0.15) is 5.10 Å². The highest BCUT2D eigenvalue weighted by Gasteiger charge is 2.29. The van der Waals surface area contributed by atoms with Gasteiger partial charge in [-0.3, -0.25) is 9.67 Å². The summed E-state index contributed by atoms with van der Waals surface area (Å²) in [6.07, 6.45) is 0. The van der Waals surface area contributed by atoms with Crippen molar-refractivity contribution in [3.63, 3.8) is 0 Å². The van der Waals surface area contributed by atoms with E-state index in [1.165, 1.54) is 0 Å². The lowest BCUT2D eigenvalue weighted by Gasteiger charge is -2.11. The molecule has 4 rings (SSSR count). The van der Waals surface area contributed by atoms with Crippen LogP contribution < -0.4 is 4.74 Å². The van der Waals surface area contributed by atoms with Gasteiger partial charge in [0.2, 0.25) is 0 Å². The summed E-state index contributed by atoms with van der Waals surface area (Å²) in [6.45, 7) is 0.589. The molecule has 1 atom stereocenters. The van der Waals surface area contributed by atoms with Gasteiger partial charge in [0.05, 0.1) is 5.92 Å². The van der Waals surface area contributed by atoms with E-state index in [1.54, 1.807) is 0 Å². The van der Waals surface area contributed by atoms with E-state index in [4.69, 9.17) is 17.0 Å². The monoisotopic (exact) mass is 295 g/mol. The molecule has 0 spiro atoms. The lowest BCUT2D eigenvalue weighted by atomic mass is 10.0. The van der Waals surface area contributed by atoms with Crippen molar-refractivity contribution in [3.05, 3.63) is 70.8 Å². The number of nitrogens with one attached hydrogen (secondary N) is 1. The average molecular weight is 295 g/mol. The summed E-state index contributed by atoms with van der Waals surface area (Å²) in [6, 6.07) is 18.1. The molecule has 2 aromatic carbocycles. The van der Waals surface area contributed by atoms with Crippen molar-refractivity contribution in [1.29, 1.82) is 0 Å². The summed E-state index contributed by atoms with van der Waals surface area (Å²) < 4.78 is 8.34. The topological polar surface area (TPSA) is 42.8 Å². The number of para-hydroxylation sites is 2. The van der Waals surface area contributed by atoms with Gasteiger partial charge in [0.25, 0.3) is 0 Å². The molecule has 0 amide bonds. The van der Waals surface area contributed by atoms with Gasteiger partial charge in [0, 0.05) is 11.3 Å². The molecule has 1 N–H and O–H groups in total. The molecular weight excluding hydrogens is 282 g/mol. The number of hydrogen-bond donors (Lipinski definition) is 1. The number of benzene rings is 2. The zero-order valence-electron chi connectivity index (χ0n) is 11.2. The van der Waals surface area contributed by atoms with E-state index in [2.05, 4.69) is 16.3 Å². The maximum atomic E-state index is 5.76. The molecule has 1 aliphatic heterocycles. The van der Waals surface area contributed by atoms with E-state index in [0.29, 0.717) is 11.4 Å². The third-order valence-electron chi connectivity index (χ3n) is 3.72. The fourth-order valence-corrected chi connectivity index (χ4v) is 2.99. The molecule has 0 bridgehead atoms. The summed E-state index contributed by atoms with van der Waals surface area (Å²) >= 11 is 5.39. The quantitative estimate of drug-likeness (QED) is 0.736. The van der Waals surface area contributed by atoms with Crippen LogP contribution in [0.4, 0.5) is 0 Å². The van der Waals surface area contributed by atoms with E-state index in [0.717, 1.165) is 22.8 Å². The number of rotatable bonds is 2.